The highest BCUT2D eigenvalue weighted by Gasteiger charge is 2.28. The highest BCUT2D eigenvalue weighted by Crippen LogP contribution is 2.52. The normalized spacial score (nSPS) is 11.4. The maximum Gasteiger partial charge on any atom is 0.137 e. The van der Waals surface area contributed by atoms with Gasteiger partial charge in [-0.2, -0.15) is 0 Å². The van der Waals surface area contributed by atoms with E-state index in [9.17, 15) is 0 Å². The number of anilines is 12. The standard InChI is InChI=1S/C68H46N2O.C68H46N2S/c1-4-17-47(18-5-1)50-31-37-55(38-32-50)69(56-39-33-51(34-40-56)48-19-6-2-7-20-48)58-43-54(64-45-53-23-10-11-24-60(53)61-25-12-13-26-62(61)64)44-59(46-58)70(57-41-35-52(36-42-57)49-21-8-3-9-22-49)65-28-16-30-67-68(65)63-27-14-15-29-66(63)71-67;1-4-16-47(17-5-1)50-28-34-55(35-29-50)69(56-36-30-51(31-37-56)48-18-6-2-7-19-48)59-42-54(66-44-53-22-10-11-23-61(53)62-24-12-13-25-63(62)66)43-60(45-59)70(57-38-32-52(33-39-57)49-20-8-3-9-21-49)58-40-41-65-64-26-14-15-27-67(64)71-68(65)46-58/h2*1-46H. The van der Waals surface area contributed by atoms with Crippen LogP contribution in [-0.4, -0.2) is 0 Å². The summed E-state index contributed by atoms with van der Waals surface area (Å²) in [5.41, 5.74) is 32.9. The Morgan fingerprint density at radius 2 is 0.408 bits per heavy atom. The van der Waals surface area contributed by atoms with Crippen LogP contribution < -0.4 is 19.6 Å². The summed E-state index contributed by atoms with van der Waals surface area (Å²) in [6.45, 7) is 0. The van der Waals surface area contributed by atoms with E-state index in [1.165, 1.54) is 119 Å². The number of rotatable bonds is 20. The highest BCUT2D eigenvalue weighted by atomic mass is 32.1. The second-order valence-corrected chi connectivity index (χ2v) is 37.3. The highest BCUT2D eigenvalue weighted by molar-refractivity contribution is 7.25. The smallest absolute Gasteiger partial charge is 0.137 e. The Balaban J connectivity index is 0.000000149. The minimum Gasteiger partial charge on any atom is -0.456 e. The van der Waals surface area contributed by atoms with Gasteiger partial charge in [-0.25, -0.2) is 0 Å². The molecule has 24 aromatic carbocycles. The van der Waals surface area contributed by atoms with E-state index < -0.39 is 0 Å². The van der Waals surface area contributed by atoms with Gasteiger partial charge in [0.15, 0.2) is 0 Å². The van der Waals surface area contributed by atoms with E-state index in [4.69, 9.17) is 4.42 Å². The van der Waals surface area contributed by atoms with Gasteiger partial charge in [-0.15, -0.1) is 11.3 Å². The third-order valence-electron chi connectivity index (χ3n) is 27.6. The Hall–Kier alpha value is -18.5. The van der Waals surface area contributed by atoms with Gasteiger partial charge in [0, 0.05) is 88.1 Å². The van der Waals surface area contributed by atoms with Crippen LogP contribution in [0.5, 0.6) is 0 Å². The average molecular weight is 1830 g/mol. The van der Waals surface area contributed by atoms with Gasteiger partial charge < -0.3 is 24.0 Å². The number of benzene rings is 24. The SMILES string of the molecule is c1ccc(-c2ccc(N(c3ccc(-c4ccccc4)cc3)c3cc(-c4cc5ccccc5c5ccccc45)cc(N(c4ccc(-c5ccccc5)cc4)c4ccc5c(c4)sc4ccccc45)c3)cc2)cc1.c1ccc(-c2ccc(N(c3ccc(-c4ccccc4)cc3)c3cc(-c4cc5ccccc5c5ccccc45)cc(N(c4ccc(-c5ccccc5)cc4)c4cccc5oc6ccccc6c45)c3)cc2)cc1. The van der Waals surface area contributed by atoms with Gasteiger partial charge in [-0.3, -0.25) is 0 Å². The summed E-state index contributed by atoms with van der Waals surface area (Å²) < 4.78 is 9.14. The first-order valence-corrected chi connectivity index (χ1v) is 49.3. The van der Waals surface area contributed by atoms with Crippen molar-refractivity contribution in [1.29, 1.82) is 0 Å². The lowest BCUT2D eigenvalue weighted by atomic mass is 9.92. The predicted octanol–water partition coefficient (Wildman–Crippen LogP) is 39.5. The number of nitrogens with zero attached hydrogens (tertiary/aromatic N) is 4. The van der Waals surface area contributed by atoms with Crippen molar-refractivity contribution in [2.45, 2.75) is 0 Å². The molecule has 0 bridgehead atoms. The van der Waals surface area contributed by atoms with E-state index in [-0.39, 0.29) is 0 Å². The molecule has 0 amide bonds. The van der Waals surface area contributed by atoms with Gasteiger partial charge in [0.25, 0.3) is 0 Å². The first kappa shape index (κ1) is 85.2. The molecule has 5 nitrogen and oxygen atoms in total. The lowest BCUT2D eigenvalue weighted by molar-refractivity contribution is 0.669. The number of para-hydroxylation sites is 1. The third-order valence-corrected chi connectivity index (χ3v) is 28.8. The van der Waals surface area contributed by atoms with Crippen LogP contribution in [0.2, 0.25) is 0 Å². The first-order chi connectivity index (χ1) is 70.4. The molecule has 668 valence electrons. The monoisotopic (exact) mass is 1830 g/mol. The van der Waals surface area contributed by atoms with Crippen LogP contribution in [0.3, 0.4) is 0 Å². The molecule has 0 spiro atoms. The zero-order valence-electron chi connectivity index (χ0n) is 77.7. The van der Waals surface area contributed by atoms with Crippen molar-refractivity contribution in [2.75, 3.05) is 19.6 Å². The molecule has 0 aliphatic rings. The average Bonchev–Trinajstić information content (AvgIpc) is 1.74. The largest absolute Gasteiger partial charge is 0.456 e. The second kappa shape index (κ2) is 37.6. The van der Waals surface area contributed by atoms with Crippen LogP contribution in [0, 0.1) is 0 Å². The Morgan fingerprint density at radius 1 is 0.141 bits per heavy atom. The first-order valence-electron chi connectivity index (χ1n) is 48.5. The zero-order valence-corrected chi connectivity index (χ0v) is 78.5. The Kier molecular flexibility index (Phi) is 22.5. The van der Waals surface area contributed by atoms with Gasteiger partial charge in [-0.1, -0.05) is 400 Å². The molecular weight excluding hydrogens is 1740 g/mol. The van der Waals surface area contributed by atoms with Crippen LogP contribution >= 0.6 is 11.3 Å². The van der Waals surface area contributed by atoms with E-state index in [0.717, 1.165) is 124 Å². The van der Waals surface area contributed by atoms with Crippen molar-refractivity contribution < 1.29 is 4.42 Å². The minimum atomic E-state index is 0.838. The van der Waals surface area contributed by atoms with E-state index in [2.05, 4.69) is 572 Å². The molecule has 0 radical (unpaired) electrons. The summed E-state index contributed by atoms with van der Waals surface area (Å²) in [7, 11) is 0. The summed E-state index contributed by atoms with van der Waals surface area (Å²) in [5, 5.41) is 14.4. The van der Waals surface area contributed by atoms with Crippen molar-refractivity contribution >= 4 is 165 Å². The summed E-state index contributed by atoms with van der Waals surface area (Å²) in [5.74, 6) is 0. The summed E-state index contributed by atoms with van der Waals surface area (Å²) in [6, 6.07) is 203. The van der Waals surface area contributed by atoms with E-state index >= 15 is 0 Å². The van der Waals surface area contributed by atoms with Crippen LogP contribution in [0.25, 0.3) is 174 Å². The molecular formula is C136H92N4OS. The fourth-order valence-electron chi connectivity index (χ4n) is 20.8. The molecule has 0 N–H and O–H groups in total. The van der Waals surface area contributed by atoms with Crippen molar-refractivity contribution in [3.05, 3.63) is 558 Å². The van der Waals surface area contributed by atoms with E-state index in [1.54, 1.807) is 0 Å². The molecule has 0 atom stereocenters. The Bertz CT molecular complexity index is 8930. The van der Waals surface area contributed by atoms with Gasteiger partial charge in [0.2, 0.25) is 0 Å². The van der Waals surface area contributed by atoms with Crippen molar-refractivity contribution in [3.8, 4) is 89.0 Å². The summed E-state index contributed by atoms with van der Waals surface area (Å²) >= 11 is 1.85. The van der Waals surface area contributed by atoms with Crippen molar-refractivity contribution in [3.63, 3.8) is 0 Å². The number of hydrogen-bond donors (Lipinski definition) is 0. The minimum absolute atomic E-state index is 0.838. The van der Waals surface area contributed by atoms with Crippen LogP contribution in [0.1, 0.15) is 0 Å². The topological polar surface area (TPSA) is 26.1 Å². The predicted molar refractivity (Wildman–Crippen MR) is 605 cm³/mol. The molecule has 26 rings (SSSR count). The molecule has 2 heterocycles. The Labute approximate surface area is 829 Å². The lowest BCUT2D eigenvalue weighted by Gasteiger charge is -2.31. The molecule has 0 saturated carbocycles. The fraction of sp³-hybridized carbons (Fsp3) is 0. The third kappa shape index (κ3) is 16.6. The quantitative estimate of drug-likeness (QED) is 0.0709. The number of hydrogen-bond acceptors (Lipinski definition) is 6. The molecule has 6 heteroatoms. The lowest BCUT2D eigenvalue weighted by Crippen LogP contribution is -2.14. The molecule has 2 aromatic heterocycles. The number of fused-ring (bicyclic) bond motifs is 12. The second-order valence-electron chi connectivity index (χ2n) is 36.2. The molecule has 0 saturated heterocycles. The van der Waals surface area contributed by atoms with Crippen molar-refractivity contribution in [1.82, 2.24) is 0 Å². The van der Waals surface area contributed by atoms with E-state index in [1.807, 2.05) is 17.4 Å². The number of thiophene rings is 1. The van der Waals surface area contributed by atoms with Gasteiger partial charge in [-0.05, 0) is 290 Å². The van der Waals surface area contributed by atoms with Crippen LogP contribution in [0.4, 0.5) is 68.2 Å². The molecule has 26 aromatic rings. The number of furan rings is 1. The maximum absolute atomic E-state index is 6.60. The molecule has 0 fully saturated rings. The molecule has 142 heavy (non-hydrogen) atoms. The van der Waals surface area contributed by atoms with Crippen molar-refractivity contribution in [2.24, 2.45) is 0 Å². The zero-order chi connectivity index (χ0) is 94.2. The van der Waals surface area contributed by atoms with E-state index in [0.29, 0.717) is 0 Å². The Morgan fingerprint density at radius 3 is 0.782 bits per heavy atom. The van der Waals surface area contributed by atoms with Gasteiger partial charge in [0.1, 0.15) is 11.2 Å². The maximum atomic E-state index is 6.60. The molecule has 0 unspecified atom stereocenters. The molecule has 0 aliphatic carbocycles. The fourth-order valence-corrected chi connectivity index (χ4v) is 21.9. The summed E-state index contributed by atoms with van der Waals surface area (Å²) in [6.07, 6.45) is 0. The summed E-state index contributed by atoms with van der Waals surface area (Å²) in [4.78, 5) is 9.70. The van der Waals surface area contributed by atoms with Crippen LogP contribution in [0.15, 0.2) is 563 Å². The van der Waals surface area contributed by atoms with Gasteiger partial charge >= 0.3 is 0 Å². The molecule has 0 aliphatic heterocycles. The van der Waals surface area contributed by atoms with Crippen LogP contribution in [-0.2, 0) is 0 Å². The van der Waals surface area contributed by atoms with Gasteiger partial charge in [0.05, 0.1) is 11.1 Å².